The molecular weight excluding hydrogens is 162 g/mol. The van der Waals surface area contributed by atoms with Crippen LogP contribution in [0.25, 0.3) is 0 Å². The van der Waals surface area contributed by atoms with Crippen LogP contribution in [0.5, 0.6) is 0 Å². The zero-order valence-electron chi connectivity index (χ0n) is 7.17. The molecule has 1 amide bonds. The van der Waals surface area contributed by atoms with Crippen LogP contribution in [-0.2, 0) is 4.79 Å². The van der Waals surface area contributed by atoms with Crippen LogP contribution in [0, 0.1) is 5.92 Å². The lowest BCUT2D eigenvalue weighted by molar-refractivity contribution is -0.144. The standard InChI is InChI=1S/C8H14ClNO/c1-5(2)4-10-6(3)7(9)8(10)11/h5-7H,4H2,1-3H3/t6-,7+/m1/s1. The lowest BCUT2D eigenvalue weighted by Crippen LogP contribution is -2.61. The summed E-state index contributed by atoms with van der Waals surface area (Å²) in [5.41, 5.74) is 0. The second-order valence-electron chi connectivity index (χ2n) is 3.53. The van der Waals surface area contributed by atoms with E-state index >= 15 is 0 Å². The topological polar surface area (TPSA) is 20.3 Å². The summed E-state index contributed by atoms with van der Waals surface area (Å²) in [5.74, 6) is 0.624. The Bertz CT molecular complexity index is 169. The zero-order chi connectivity index (χ0) is 8.59. The number of amides is 1. The number of alkyl halides is 1. The third-order valence-corrected chi connectivity index (χ3v) is 2.55. The molecule has 0 aliphatic carbocycles. The van der Waals surface area contributed by atoms with E-state index in [0.29, 0.717) is 5.92 Å². The Balaban J connectivity index is 2.43. The summed E-state index contributed by atoms with van der Waals surface area (Å²) >= 11 is 5.74. The van der Waals surface area contributed by atoms with Gasteiger partial charge in [0.2, 0.25) is 5.91 Å². The molecule has 0 spiro atoms. The Morgan fingerprint density at radius 3 is 2.55 bits per heavy atom. The minimum absolute atomic E-state index is 0.0906. The third kappa shape index (κ3) is 1.51. The van der Waals surface area contributed by atoms with E-state index in [9.17, 15) is 4.79 Å². The second kappa shape index (κ2) is 3.02. The molecule has 11 heavy (non-hydrogen) atoms. The molecular formula is C8H14ClNO. The van der Waals surface area contributed by atoms with E-state index < -0.39 is 0 Å². The summed E-state index contributed by atoms with van der Waals surface area (Å²) < 4.78 is 0. The van der Waals surface area contributed by atoms with Gasteiger partial charge in [-0.2, -0.15) is 0 Å². The minimum Gasteiger partial charge on any atom is -0.336 e. The molecule has 2 atom stereocenters. The lowest BCUT2D eigenvalue weighted by Gasteiger charge is -2.43. The van der Waals surface area contributed by atoms with Crippen molar-refractivity contribution < 1.29 is 4.79 Å². The van der Waals surface area contributed by atoms with Gasteiger partial charge in [0.05, 0.1) is 6.04 Å². The van der Waals surface area contributed by atoms with E-state index in [1.165, 1.54) is 0 Å². The van der Waals surface area contributed by atoms with Gasteiger partial charge in [-0.3, -0.25) is 4.79 Å². The Kier molecular flexibility index (Phi) is 2.43. The van der Waals surface area contributed by atoms with Crippen molar-refractivity contribution in [1.82, 2.24) is 4.90 Å². The van der Waals surface area contributed by atoms with E-state index in [-0.39, 0.29) is 17.3 Å². The molecule has 1 heterocycles. The van der Waals surface area contributed by atoms with Crippen molar-refractivity contribution in [3.05, 3.63) is 0 Å². The molecule has 0 aromatic carbocycles. The van der Waals surface area contributed by atoms with Crippen molar-refractivity contribution in [2.24, 2.45) is 5.92 Å². The van der Waals surface area contributed by atoms with Gasteiger partial charge in [-0.25, -0.2) is 0 Å². The van der Waals surface area contributed by atoms with Crippen molar-refractivity contribution in [3.63, 3.8) is 0 Å². The molecule has 64 valence electrons. The predicted octanol–water partition coefficient (Wildman–Crippen LogP) is 1.48. The lowest BCUT2D eigenvalue weighted by atomic mass is 10.0. The predicted molar refractivity (Wildman–Crippen MR) is 45.7 cm³/mol. The molecule has 0 saturated carbocycles. The number of β-lactam (4-membered cyclic amide) rings is 1. The average Bonchev–Trinajstić information content (AvgIpc) is 1.98. The highest BCUT2D eigenvalue weighted by atomic mass is 35.5. The van der Waals surface area contributed by atoms with E-state index in [2.05, 4.69) is 13.8 Å². The molecule has 0 N–H and O–H groups in total. The quantitative estimate of drug-likeness (QED) is 0.460. The number of likely N-dealkylation sites (tertiary alicyclic amines) is 1. The van der Waals surface area contributed by atoms with Crippen LogP contribution in [-0.4, -0.2) is 28.8 Å². The maximum absolute atomic E-state index is 11.1. The van der Waals surface area contributed by atoms with Gasteiger partial charge in [0, 0.05) is 6.54 Å². The van der Waals surface area contributed by atoms with Crippen LogP contribution in [0.3, 0.4) is 0 Å². The van der Waals surface area contributed by atoms with Crippen molar-refractivity contribution in [3.8, 4) is 0 Å². The number of rotatable bonds is 2. The molecule has 1 fully saturated rings. The van der Waals surface area contributed by atoms with Gasteiger partial charge >= 0.3 is 0 Å². The maximum Gasteiger partial charge on any atom is 0.243 e. The van der Waals surface area contributed by atoms with E-state index in [1.54, 1.807) is 0 Å². The first-order chi connectivity index (χ1) is 5.04. The fourth-order valence-corrected chi connectivity index (χ4v) is 1.55. The Labute approximate surface area is 72.5 Å². The first-order valence-corrected chi connectivity index (χ1v) is 4.42. The monoisotopic (exact) mass is 175 g/mol. The van der Waals surface area contributed by atoms with E-state index in [1.807, 2.05) is 11.8 Å². The SMILES string of the molecule is CC(C)CN1C(=O)[C@@H](Cl)[C@H]1C. The molecule has 0 radical (unpaired) electrons. The van der Waals surface area contributed by atoms with Crippen LogP contribution in [0.2, 0.25) is 0 Å². The van der Waals surface area contributed by atoms with Crippen LogP contribution in [0.1, 0.15) is 20.8 Å². The van der Waals surface area contributed by atoms with Crippen LogP contribution in [0.15, 0.2) is 0 Å². The minimum atomic E-state index is -0.270. The number of carbonyl (C=O) groups excluding carboxylic acids is 1. The summed E-state index contributed by atoms with van der Waals surface area (Å²) in [6, 6.07) is 0.228. The molecule has 1 aliphatic rings. The number of nitrogens with zero attached hydrogens (tertiary/aromatic N) is 1. The summed E-state index contributed by atoms with van der Waals surface area (Å²) in [5, 5.41) is -0.270. The normalized spacial score (nSPS) is 31.0. The average molecular weight is 176 g/mol. The van der Waals surface area contributed by atoms with Gasteiger partial charge in [-0.05, 0) is 12.8 Å². The van der Waals surface area contributed by atoms with Crippen LogP contribution in [0.4, 0.5) is 0 Å². The largest absolute Gasteiger partial charge is 0.336 e. The summed E-state index contributed by atoms with van der Waals surface area (Å²) in [7, 11) is 0. The molecule has 1 rings (SSSR count). The van der Waals surface area contributed by atoms with Gasteiger partial charge in [-0.1, -0.05) is 13.8 Å². The molecule has 1 saturated heterocycles. The van der Waals surface area contributed by atoms with Crippen molar-refractivity contribution in [2.45, 2.75) is 32.2 Å². The number of hydrogen-bond donors (Lipinski definition) is 0. The second-order valence-corrected chi connectivity index (χ2v) is 4.00. The first kappa shape index (κ1) is 8.85. The fraction of sp³-hybridized carbons (Fsp3) is 0.875. The van der Waals surface area contributed by atoms with E-state index in [0.717, 1.165) is 6.54 Å². The third-order valence-electron chi connectivity index (χ3n) is 2.00. The summed E-state index contributed by atoms with van der Waals surface area (Å²) in [6.45, 7) is 7.02. The van der Waals surface area contributed by atoms with E-state index in [4.69, 9.17) is 11.6 Å². The smallest absolute Gasteiger partial charge is 0.243 e. The van der Waals surface area contributed by atoms with Gasteiger partial charge in [-0.15, -0.1) is 11.6 Å². The Hall–Kier alpha value is -0.240. The molecule has 0 bridgehead atoms. The highest BCUT2D eigenvalue weighted by Gasteiger charge is 2.42. The number of hydrogen-bond acceptors (Lipinski definition) is 1. The number of halogens is 1. The summed E-state index contributed by atoms with van der Waals surface area (Å²) in [6.07, 6.45) is 0. The van der Waals surface area contributed by atoms with Crippen molar-refractivity contribution in [1.29, 1.82) is 0 Å². The Morgan fingerprint density at radius 1 is 1.64 bits per heavy atom. The zero-order valence-corrected chi connectivity index (χ0v) is 7.93. The van der Waals surface area contributed by atoms with Gasteiger partial charge < -0.3 is 4.90 Å². The van der Waals surface area contributed by atoms with Crippen LogP contribution < -0.4 is 0 Å². The molecule has 0 unspecified atom stereocenters. The van der Waals surface area contributed by atoms with Crippen molar-refractivity contribution in [2.75, 3.05) is 6.54 Å². The van der Waals surface area contributed by atoms with Crippen molar-refractivity contribution >= 4 is 17.5 Å². The fourth-order valence-electron chi connectivity index (χ4n) is 1.29. The molecule has 0 aromatic rings. The van der Waals surface area contributed by atoms with Crippen LogP contribution >= 0.6 is 11.6 Å². The van der Waals surface area contributed by atoms with Gasteiger partial charge in [0.25, 0.3) is 0 Å². The molecule has 1 aliphatic heterocycles. The van der Waals surface area contributed by atoms with Gasteiger partial charge in [0.1, 0.15) is 5.38 Å². The molecule has 0 aromatic heterocycles. The number of carbonyl (C=O) groups is 1. The molecule has 3 heteroatoms. The Morgan fingerprint density at radius 2 is 2.18 bits per heavy atom. The first-order valence-electron chi connectivity index (χ1n) is 3.98. The highest BCUT2D eigenvalue weighted by molar-refractivity contribution is 6.33. The molecule has 2 nitrogen and oxygen atoms in total. The van der Waals surface area contributed by atoms with Gasteiger partial charge in [0.15, 0.2) is 0 Å². The summed E-state index contributed by atoms with van der Waals surface area (Å²) in [4.78, 5) is 12.9. The maximum atomic E-state index is 11.1. The highest BCUT2D eigenvalue weighted by Crippen LogP contribution is 2.25.